The van der Waals surface area contributed by atoms with Crippen molar-refractivity contribution in [2.75, 3.05) is 0 Å². The Morgan fingerprint density at radius 3 is 2.63 bits per heavy atom. The lowest BCUT2D eigenvalue weighted by Gasteiger charge is -2.16. The molecule has 0 bridgehead atoms. The van der Waals surface area contributed by atoms with Crippen molar-refractivity contribution in [2.45, 2.75) is 31.7 Å². The number of hydrogen-bond donors (Lipinski definition) is 1. The molecule has 1 amide bonds. The minimum atomic E-state index is -0.537. The molecule has 3 nitrogen and oxygen atoms in total. The highest BCUT2D eigenvalue weighted by Crippen LogP contribution is 2.33. The van der Waals surface area contributed by atoms with E-state index < -0.39 is 6.04 Å². The molecular weight excluding hydrogens is 309 g/mol. The van der Waals surface area contributed by atoms with Gasteiger partial charge < -0.3 is 5.32 Å². The minimum Gasteiger partial charge on any atom is -0.346 e. The van der Waals surface area contributed by atoms with Gasteiger partial charge in [-0.3, -0.25) is 9.59 Å². The quantitative estimate of drug-likeness (QED) is 0.664. The van der Waals surface area contributed by atoms with Gasteiger partial charge in [-0.15, -0.1) is 0 Å². The normalized spacial score (nSPS) is 19.7. The van der Waals surface area contributed by atoms with Gasteiger partial charge in [-0.05, 0) is 25.0 Å². The highest BCUT2D eigenvalue weighted by molar-refractivity contribution is 6.49. The molecule has 1 fully saturated rings. The molecule has 1 heterocycles. The standard InChI is InChI=1S/C13H12Cl3NO2/c14-8-6-5-7(11(15)12(8)16)13(19)9-3-1-2-4-10(18)17-9/h5-6,9H,1-4H2,(H,17,18). The van der Waals surface area contributed by atoms with Crippen LogP contribution in [-0.4, -0.2) is 17.7 Å². The van der Waals surface area contributed by atoms with Gasteiger partial charge in [0.05, 0.1) is 21.1 Å². The molecule has 0 saturated carbocycles. The number of benzene rings is 1. The van der Waals surface area contributed by atoms with Gasteiger partial charge in [-0.2, -0.15) is 0 Å². The largest absolute Gasteiger partial charge is 0.346 e. The number of carbonyl (C=O) groups is 2. The number of Topliss-reactive ketones (excluding diaryl/α,β-unsaturated/α-hetero) is 1. The lowest BCUT2D eigenvalue weighted by Crippen LogP contribution is -2.39. The molecule has 1 N–H and O–H groups in total. The fourth-order valence-corrected chi connectivity index (χ4v) is 2.70. The molecule has 0 spiro atoms. The number of hydrogen-bond acceptors (Lipinski definition) is 2. The van der Waals surface area contributed by atoms with Crippen LogP contribution in [0.15, 0.2) is 12.1 Å². The number of halogens is 3. The van der Waals surface area contributed by atoms with E-state index in [1.54, 1.807) is 0 Å². The number of amides is 1. The van der Waals surface area contributed by atoms with Gasteiger partial charge in [0.1, 0.15) is 0 Å². The Kier molecular flexibility index (Phi) is 4.71. The van der Waals surface area contributed by atoms with Gasteiger partial charge in [0.25, 0.3) is 0 Å². The Morgan fingerprint density at radius 1 is 1.16 bits per heavy atom. The average molecular weight is 321 g/mol. The summed E-state index contributed by atoms with van der Waals surface area (Å²) in [5.74, 6) is -0.328. The lowest BCUT2D eigenvalue weighted by atomic mass is 10.0. The molecule has 1 unspecified atom stereocenters. The Morgan fingerprint density at radius 2 is 1.89 bits per heavy atom. The first-order chi connectivity index (χ1) is 9.00. The maximum atomic E-state index is 12.4. The van der Waals surface area contributed by atoms with E-state index in [1.807, 2.05) is 0 Å². The molecule has 6 heteroatoms. The van der Waals surface area contributed by atoms with Gasteiger partial charge >= 0.3 is 0 Å². The topological polar surface area (TPSA) is 46.2 Å². The third kappa shape index (κ3) is 3.22. The van der Waals surface area contributed by atoms with Gasteiger partial charge in [0, 0.05) is 12.0 Å². The van der Waals surface area contributed by atoms with Crippen molar-refractivity contribution in [3.8, 4) is 0 Å². The second kappa shape index (κ2) is 6.12. The summed E-state index contributed by atoms with van der Waals surface area (Å²) in [5.41, 5.74) is 0.295. The Hall–Kier alpha value is -0.770. The fraction of sp³-hybridized carbons (Fsp3) is 0.385. The van der Waals surface area contributed by atoms with Crippen LogP contribution in [0.2, 0.25) is 15.1 Å². The summed E-state index contributed by atoms with van der Waals surface area (Å²) in [6, 6.07) is 2.53. The number of carbonyl (C=O) groups excluding carboxylic acids is 2. The molecule has 0 radical (unpaired) electrons. The Bertz CT molecular complexity index is 531. The predicted molar refractivity (Wildman–Crippen MR) is 76.2 cm³/mol. The van der Waals surface area contributed by atoms with Crippen LogP contribution in [0.5, 0.6) is 0 Å². The molecule has 1 aliphatic heterocycles. The van der Waals surface area contributed by atoms with Crippen molar-refractivity contribution < 1.29 is 9.59 Å². The van der Waals surface area contributed by atoms with Crippen molar-refractivity contribution in [1.82, 2.24) is 5.32 Å². The Balaban J connectivity index is 2.28. The van der Waals surface area contributed by atoms with Crippen LogP contribution in [0.25, 0.3) is 0 Å². The van der Waals surface area contributed by atoms with Crippen LogP contribution in [0.3, 0.4) is 0 Å². The summed E-state index contributed by atoms with van der Waals surface area (Å²) in [5, 5.41) is 3.31. The fourth-order valence-electron chi connectivity index (χ4n) is 2.07. The van der Waals surface area contributed by atoms with E-state index in [-0.39, 0.29) is 21.7 Å². The van der Waals surface area contributed by atoms with Crippen molar-refractivity contribution in [2.24, 2.45) is 0 Å². The monoisotopic (exact) mass is 319 g/mol. The summed E-state index contributed by atoms with van der Waals surface area (Å²) in [4.78, 5) is 23.9. The lowest BCUT2D eigenvalue weighted by molar-refractivity contribution is -0.121. The van der Waals surface area contributed by atoms with Crippen LogP contribution in [0.4, 0.5) is 0 Å². The van der Waals surface area contributed by atoms with E-state index in [2.05, 4.69) is 5.32 Å². The molecule has 1 atom stereocenters. The van der Waals surface area contributed by atoms with Gasteiger partial charge in [0.2, 0.25) is 5.91 Å². The van der Waals surface area contributed by atoms with Crippen molar-refractivity contribution in [3.05, 3.63) is 32.8 Å². The smallest absolute Gasteiger partial charge is 0.220 e. The summed E-state index contributed by atoms with van der Waals surface area (Å²) in [6.45, 7) is 0. The summed E-state index contributed by atoms with van der Waals surface area (Å²) in [6.07, 6.45) is 2.69. The van der Waals surface area contributed by atoms with Crippen molar-refractivity contribution in [3.63, 3.8) is 0 Å². The van der Waals surface area contributed by atoms with Crippen molar-refractivity contribution >= 4 is 46.5 Å². The van der Waals surface area contributed by atoms with E-state index in [0.29, 0.717) is 23.4 Å². The second-order valence-electron chi connectivity index (χ2n) is 4.45. The highest BCUT2D eigenvalue weighted by Gasteiger charge is 2.26. The van der Waals surface area contributed by atoms with Gasteiger partial charge in [-0.1, -0.05) is 41.2 Å². The molecule has 0 aliphatic carbocycles. The molecule has 1 aromatic carbocycles. The van der Waals surface area contributed by atoms with E-state index in [4.69, 9.17) is 34.8 Å². The molecule has 1 aromatic rings. The average Bonchev–Trinajstić information content (AvgIpc) is 2.60. The number of nitrogens with one attached hydrogen (secondary N) is 1. The third-order valence-corrected chi connectivity index (χ3v) is 4.39. The first kappa shape index (κ1) is 14.6. The zero-order chi connectivity index (χ0) is 14.0. The Labute approximate surface area is 126 Å². The number of rotatable bonds is 2. The third-order valence-electron chi connectivity index (χ3n) is 3.10. The van der Waals surface area contributed by atoms with Crippen molar-refractivity contribution in [1.29, 1.82) is 0 Å². The van der Waals surface area contributed by atoms with E-state index in [1.165, 1.54) is 12.1 Å². The molecular formula is C13H12Cl3NO2. The van der Waals surface area contributed by atoms with Crippen LogP contribution in [0, 0.1) is 0 Å². The SMILES string of the molecule is O=C1CCCCC(C(=O)c2ccc(Cl)c(Cl)c2Cl)N1. The zero-order valence-corrected chi connectivity index (χ0v) is 12.3. The second-order valence-corrected chi connectivity index (χ2v) is 5.62. The first-order valence-electron chi connectivity index (χ1n) is 5.98. The van der Waals surface area contributed by atoms with Gasteiger partial charge in [-0.25, -0.2) is 0 Å². The molecule has 1 aliphatic rings. The maximum absolute atomic E-state index is 12.4. The van der Waals surface area contributed by atoms with E-state index >= 15 is 0 Å². The molecule has 1 saturated heterocycles. The summed E-state index contributed by atoms with van der Waals surface area (Å²) in [7, 11) is 0. The highest BCUT2D eigenvalue weighted by atomic mass is 35.5. The molecule has 102 valence electrons. The summed E-state index contributed by atoms with van der Waals surface area (Å²) < 4.78 is 0. The molecule has 0 aromatic heterocycles. The van der Waals surface area contributed by atoms with Crippen LogP contribution >= 0.6 is 34.8 Å². The van der Waals surface area contributed by atoms with E-state index in [0.717, 1.165) is 12.8 Å². The molecule has 19 heavy (non-hydrogen) atoms. The van der Waals surface area contributed by atoms with Gasteiger partial charge in [0.15, 0.2) is 5.78 Å². The predicted octanol–water partition coefficient (Wildman–Crippen LogP) is 3.89. The molecule has 2 rings (SSSR count). The minimum absolute atomic E-state index is 0.105. The van der Waals surface area contributed by atoms with Crippen LogP contribution in [-0.2, 0) is 4.79 Å². The maximum Gasteiger partial charge on any atom is 0.220 e. The zero-order valence-electron chi connectivity index (χ0n) is 10.0. The van der Waals surface area contributed by atoms with Crippen LogP contribution < -0.4 is 5.32 Å². The number of ketones is 1. The van der Waals surface area contributed by atoms with E-state index in [9.17, 15) is 9.59 Å². The summed E-state index contributed by atoms with van der Waals surface area (Å²) >= 11 is 17.8. The van der Waals surface area contributed by atoms with Crippen LogP contribution in [0.1, 0.15) is 36.0 Å². The first-order valence-corrected chi connectivity index (χ1v) is 7.11.